The second-order valence-electron chi connectivity index (χ2n) is 5.63. The second kappa shape index (κ2) is 8.49. The molecule has 1 aromatic rings. The van der Waals surface area contributed by atoms with Crippen LogP contribution in [0.5, 0.6) is 0 Å². The van der Waals surface area contributed by atoms with Crippen molar-refractivity contribution < 1.29 is 17.9 Å². The normalized spacial score (nSPS) is 17.0. The van der Waals surface area contributed by atoms with Crippen LogP contribution in [0, 0.1) is 5.92 Å². The number of halogens is 2. The van der Waals surface area contributed by atoms with E-state index in [1.807, 2.05) is 0 Å². The lowest BCUT2D eigenvalue weighted by molar-refractivity contribution is -0.120. The van der Waals surface area contributed by atoms with E-state index >= 15 is 0 Å². The molecular formula is C15H20Cl2N2O4S. The van der Waals surface area contributed by atoms with Crippen LogP contribution in [-0.4, -0.2) is 51.2 Å². The van der Waals surface area contributed by atoms with Gasteiger partial charge in [0.1, 0.15) is 0 Å². The zero-order valence-electron chi connectivity index (χ0n) is 13.3. The van der Waals surface area contributed by atoms with Gasteiger partial charge in [0.2, 0.25) is 15.9 Å². The minimum Gasteiger partial charge on any atom is -0.384 e. The molecule has 0 unspecified atom stereocenters. The molecule has 1 aliphatic heterocycles. The minimum absolute atomic E-state index is 0.0403. The minimum atomic E-state index is -3.32. The third-order valence-electron chi connectivity index (χ3n) is 3.89. The van der Waals surface area contributed by atoms with Crippen molar-refractivity contribution in [2.24, 2.45) is 5.92 Å². The molecule has 24 heavy (non-hydrogen) atoms. The molecule has 1 amide bonds. The standard InChI is InChI=1S/C15H20Cl2N2O4S/c1-23-6-7-24(21,22)19-4-2-11(3-5-19)15(20)18-14-9-12(16)8-13(17)10-14/h8-11H,2-7H2,1H3,(H,18,20). The van der Waals surface area contributed by atoms with E-state index in [9.17, 15) is 13.2 Å². The number of methoxy groups -OCH3 is 1. The van der Waals surface area contributed by atoms with Gasteiger partial charge in [-0.3, -0.25) is 4.79 Å². The lowest BCUT2D eigenvalue weighted by Crippen LogP contribution is -2.42. The van der Waals surface area contributed by atoms with Crippen molar-refractivity contribution in [1.82, 2.24) is 4.31 Å². The Morgan fingerprint density at radius 2 is 1.83 bits per heavy atom. The number of rotatable bonds is 6. The smallest absolute Gasteiger partial charge is 0.227 e. The molecule has 2 rings (SSSR count). The Kier molecular flexibility index (Phi) is 6.88. The number of hydrogen-bond donors (Lipinski definition) is 1. The van der Waals surface area contributed by atoms with Gasteiger partial charge in [0.05, 0.1) is 12.4 Å². The fourth-order valence-electron chi connectivity index (χ4n) is 2.58. The van der Waals surface area contributed by atoms with Crippen LogP contribution >= 0.6 is 23.2 Å². The van der Waals surface area contributed by atoms with E-state index < -0.39 is 10.0 Å². The Morgan fingerprint density at radius 3 is 2.38 bits per heavy atom. The number of carbonyl (C=O) groups is 1. The summed E-state index contributed by atoms with van der Waals surface area (Å²) in [6.07, 6.45) is 0.957. The fourth-order valence-corrected chi connectivity index (χ4v) is 4.51. The molecule has 0 saturated carbocycles. The monoisotopic (exact) mass is 394 g/mol. The molecule has 1 N–H and O–H groups in total. The van der Waals surface area contributed by atoms with Crippen LogP contribution in [0.15, 0.2) is 18.2 Å². The SMILES string of the molecule is COCCS(=O)(=O)N1CCC(C(=O)Nc2cc(Cl)cc(Cl)c2)CC1. The van der Waals surface area contributed by atoms with Crippen molar-refractivity contribution in [2.75, 3.05) is 37.9 Å². The van der Waals surface area contributed by atoms with E-state index in [0.29, 0.717) is 41.7 Å². The molecule has 0 aromatic heterocycles. The summed E-state index contributed by atoms with van der Waals surface area (Å²) in [6.45, 7) is 0.832. The summed E-state index contributed by atoms with van der Waals surface area (Å²) in [5, 5.41) is 3.67. The Labute approximate surface area is 152 Å². The van der Waals surface area contributed by atoms with E-state index in [0.717, 1.165) is 0 Å². The van der Waals surface area contributed by atoms with E-state index in [4.69, 9.17) is 27.9 Å². The van der Waals surface area contributed by atoms with Gasteiger partial charge in [-0.15, -0.1) is 0 Å². The molecule has 0 spiro atoms. The summed E-state index contributed by atoms with van der Waals surface area (Å²) in [5.74, 6) is -0.430. The first kappa shape index (κ1) is 19.5. The van der Waals surface area contributed by atoms with Crippen LogP contribution < -0.4 is 5.32 Å². The third-order valence-corrected chi connectivity index (χ3v) is 6.16. The first-order chi connectivity index (χ1) is 11.3. The number of ether oxygens (including phenoxy) is 1. The van der Waals surface area contributed by atoms with Crippen LogP contribution in [0.4, 0.5) is 5.69 Å². The molecule has 6 nitrogen and oxygen atoms in total. The number of hydrogen-bond acceptors (Lipinski definition) is 4. The largest absolute Gasteiger partial charge is 0.384 e. The molecule has 1 aliphatic rings. The first-order valence-corrected chi connectivity index (χ1v) is 9.92. The highest BCUT2D eigenvalue weighted by Crippen LogP contribution is 2.25. The number of nitrogens with zero attached hydrogens (tertiary/aromatic N) is 1. The van der Waals surface area contributed by atoms with Crippen molar-refractivity contribution in [3.05, 3.63) is 28.2 Å². The molecule has 134 valence electrons. The highest BCUT2D eigenvalue weighted by Gasteiger charge is 2.30. The van der Waals surface area contributed by atoms with Gasteiger partial charge in [-0.2, -0.15) is 0 Å². The van der Waals surface area contributed by atoms with Crippen molar-refractivity contribution in [2.45, 2.75) is 12.8 Å². The van der Waals surface area contributed by atoms with Crippen molar-refractivity contribution in [3.8, 4) is 0 Å². The van der Waals surface area contributed by atoms with Gasteiger partial charge >= 0.3 is 0 Å². The predicted molar refractivity (Wildman–Crippen MR) is 95.1 cm³/mol. The van der Waals surface area contributed by atoms with E-state index in [1.54, 1.807) is 18.2 Å². The quantitative estimate of drug-likeness (QED) is 0.804. The number of benzene rings is 1. The van der Waals surface area contributed by atoms with E-state index in [2.05, 4.69) is 5.32 Å². The molecule has 1 saturated heterocycles. The number of piperidine rings is 1. The van der Waals surface area contributed by atoms with Gasteiger partial charge in [0.15, 0.2) is 0 Å². The maximum Gasteiger partial charge on any atom is 0.227 e. The van der Waals surface area contributed by atoms with E-state index in [-0.39, 0.29) is 24.2 Å². The zero-order valence-corrected chi connectivity index (χ0v) is 15.6. The number of carbonyl (C=O) groups excluding carboxylic acids is 1. The Balaban J connectivity index is 1.91. The first-order valence-electron chi connectivity index (χ1n) is 7.55. The number of anilines is 1. The summed E-state index contributed by atoms with van der Waals surface area (Å²) in [7, 11) is -1.86. The molecule has 1 aromatic carbocycles. The van der Waals surface area contributed by atoms with Gasteiger partial charge in [-0.1, -0.05) is 23.2 Å². The van der Waals surface area contributed by atoms with Crippen LogP contribution in [0.1, 0.15) is 12.8 Å². The van der Waals surface area contributed by atoms with Crippen LogP contribution in [0.25, 0.3) is 0 Å². The maximum absolute atomic E-state index is 12.3. The van der Waals surface area contributed by atoms with Crippen LogP contribution in [0.3, 0.4) is 0 Å². The Bertz CT molecular complexity index is 668. The number of nitrogens with one attached hydrogen (secondary N) is 1. The summed E-state index contributed by atoms with van der Waals surface area (Å²) in [6, 6.07) is 4.83. The highest BCUT2D eigenvalue weighted by molar-refractivity contribution is 7.89. The van der Waals surface area contributed by atoms with Gasteiger partial charge in [-0.25, -0.2) is 12.7 Å². The topological polar surface area (TPSA) is 75.7 Å². The molecule has 9 heteroatoms. The second-order valence-corrected chi connectivity index (χ2v) is 8.59. The summed E-state index contributed by atoms with van der Waals surface area (Å²) < 4.78 is 30.5. The Hall–Kier alpha value is -0.860. The van der Waals surface area contributed by atoms with Crippen molar-refractivity contribution >= 4 is 44.8 Å². The lowest BCUT2D eigenvalue weighted by atomic mass is 9.97. The number of sulfonamides is 1. The fraction of sp³-hybridized carbons (Fsp3) is 0.533. The maximum atomic E-state index is 12.3. The molecule has 0 bridgehead atoms. The van der Waals surface area contributed by atoms with Gasteiger partial charge in [0.25, 0.3) is 0 Å². The average Bonchev–Trinajstić information content (AvgIpc) is 2.52. The van der Waals surface area contributed by atoms with Crippen LogP contribution in [0.2, 0.25) is 10.0 Å². The number of amides is 1. The van der Waals surface area contributed by atoms with Crippen molar-refractivity contribution in [1.29, 1.82) is 0 Å². The molecule has 0 radical (unpaired) electrons. The van der Waals surface area contributed by atoms with Gasteiger partial charge in [0, 0.05) is 41.8 Å². The summed E-state index contributed by atoms with van der Waals surface area (Å²) in [4.78, 5) is 12.3. The summed E-state index contributed by atoms with van der Waals surface area (Å²) >= 11 is 11.8. The van der Waals surface area contributed by atoms with Gasteiger partial charge in [-0.05, 0) is 31.0 Å². The average molecular weight is 395 g/mol. The molecular weight excluding hydrogens is 375 g/mol. The lowest BCUT2D eigenvalue weighted by Gasteiger charge is -2.30. The molecule has 0 aliphatic carbocycles. The molecule has 1 heterocycles. The Morgan fingerprint density at radius 1 is 1.25 bits per heavy atom. The molecule has 1 fully saturated rings. The predicted octanol–water partition coefficient (Wildman–Crippen LogP) is 2.62. The molecule has 0 atom stereocenters. The van der Waals surface area contributed by atoms with E-state index in [1.165, 1.54) is 11.4 Å². The van der Waals surface area contributed by atoms with Gasteiger partial charge < -0.3 is 10.1 Å². The van der Waals surface area contributed by atoms with Crippen LogP contribution in [-0.2, 0) is 19.6 Å². The van der Waals surface area contributed by atoms with Crippen molar-refractivity contribution in [3.63, 3.8) is 0 Å². The highest BCUT2D eigenvalue weighted by atomic mass is 35.5. The third kappa shape index (κ3) is 5.32. The zero-order chi connectivity index (χ0) is 17.7. The summed E-state index contributed by atoms with van der Waals surface area (Å²) in [5.41, 5.74) is 0.535.